The maximum Gasteiger partial charge on any atom is 0.344 e. The quantitative estimate of drug-likeness (QED) is 0.0458. The van der Waals surface area contributed by atoms with Crippen LogP contribution in [0.5, 0.6) is 86.2 Å². The smallest absolute Gasteiger partial charge is 0.344 e. The number of benzene rings is 5. The van der Waals surface area contributed by atoms with Crippen LogP contribution >= 0.6 is 0 Å². The van der Waals surface area contributed by atoms with Gasteiger partial charge < -0.3 is 114 Å². The van der Waals surface area contributed by atoms with Crippen LogP contribution in [-0.4, -0.2) is 168 Å². The summed E-state index contributed by atoms with van der Waals surface area (Å²) in [6.45, 7) is -1.19. The van der Waals surface area contributed by atoms with Gasteiger partial charge in [-0.15, -0.1) is 0 Å². The molecular formula is C48H34O31. The number of carbonyl (C=O) groups excluding carboxylic acids is 7. The Bertz CT molecular complexity index is 3520. The Morgan fingerprint density at radius 2 is 1.14 bits per heavy atom. The first-order valence-corrected chi connectivity index (χ1v) is 22.1. The lowest BCUT2D eigenvalue weighted by molar-refractivity contribution is -0.284. The number of cyclic esters (lactones) is 1. The number of aromatic hydroxyl groups is 11. The van der Waals surface area contributed by atoms with Crippen LogP contribution in [0.1, 0.15) is 69.7 Å². The van der Waals surface area contributed by atoms with Crippen molar-refractivity contribution >= 4 is 47.8 Å². The van der Waals surface area contributed by atoms with Crippen molar-refractivity contribution in [2.24, 2.45) is 5.92 Å². The van der Waals surface area contributed by atoms with Crippen molar-refractivity contribution in [1.82, 2.24) is 0 Å². The molecule has 0 radical (unpaired) electrons. The van der Waals surface area contributed by atoms with Crippen LogP contribution in [0.4, 0.5) is 0 Å². The van der Waals surface area contributed by atoms with Crippen molar-refractivity contribution in [3.8, 4) is 97.4 Å². The van der Waals surface area contributed by atoms with Gasteiger partial charge in [0.15, 0.2) is 81.6 Å². The first kappa shape index (κ1) is 53.3. The summed E-state index contributed by atoms with van der Waals surface area (Å²) in [5.41, 5.74) is -7.72. The molecule has 0 aliphatic carbocycles. The molecule has 4 heterocycles. The number of hydrogen-bond acceptors (Lipinski definition) is 30. The minimum absolute atomic E-state index is 0.391. The summed E-state index contributed by atoms with van der Waals surface area (Å²) in [6, 6.07) is 3.51. The Labute approximate surface area is 434 Å². The van der Waals surface area contributed by atoms with E-state index in [9.17, 15) is 115 Å². The Morgan fingerprint density at radius 1 is 0.557 bits per heavy atom. The molecule has 79 heavy (non-hydrogen) atoms. The number of esters is 7. The normalized spacial score (nSPS) is 22.4. The van der Waals surface area contributed by atoms with E-state index in [2.05, 4.69) is 0 Å². The molecule has 8 atom stereocenters. The molecule has 0 aromatic heterocycles. The van der Waals surface area contributed by atoms with Crippen LogP contribution in [0, 0.1) is 5.92 Å². The van der Waals surface area contributed by atoms with Crippen molar-refractivity contribution in [3.63, 3.8) is 0 Å². The van der Waals surface area contributed by atoms with Crippen molar-refractivity contribution in [2.45, 2.75) is 49.1 Å². The van der Waals surface area contributed by atoms with Gasteiger partial charge in [0.25, 0.3) is 0 Å². The molecule has 4 unspecified atom stereocenters. The van der Waals surface area contributed by atoms with E-state index in [0.717, 1.165) is 0 Å². The topological polar surface area (TPSA) is 514 Å². The Morgan fingerprint density at radius 3 is 1.80 bits per heavy atom. The second kappa shape index (κ2) is 19.6. The summed E-state index contributed by atoms with van der Waals surface area (Å²) in [4.78, 5) is 108. The molecule has 15 N–H and O–H groups in total. The van der Waals surface area contributed by atoms with Gasteiger partial charge in [-0.3, -0.25) is 9.59 Å². The first-order chi connectivity index (χ1) is 37.2. The zero-order valence-corrected chi connectivity index (χ0v) is 38.8. The molecule has 4 aliphatic heterocycles. The number of carboxylic acid groups (broad SMARTS) is 1. The Kier molecular flexibility index (Phi) is 13.2. The van der Waals surface area contributed by atoms with E-state index >= 15 is 0 Å². The zero-order chi connectivity index (χ0) is 57.5. The standard InChI is InChI=1S/C48H34O31/c49-16-1-10(2-17(50)29(16)56)41(65)73-21-7-14-26(35(62)32(21)59)25-12(5-18(51)30(57)34(25)61)43(67)72-9-23-33(60)40(78-46(14)70)37(64)48(75-23)79-42(66)11-3-20(53)38-22(4-11)74-44(68)15(8-24(54)55)27-28-13(45(69)76-38)6-19(52)31(58)39(28)77-47(71)36(27)63/h1-7,15,23,27,33,36-37,40,48-53,56-64H,8-9H2,(H,54,55)/t15?,23?,27?,33-,36+,37-,40?,48+/m1/s1. The van der Waals surface area contributed by atoms with Crippen LogP contribution in [0.3, 0.4) is 0 Å². The first-order valence-electron chi connectivity index (χ1n) is 22.1. The van der Waals surface area contributed by atoms with Gasteiger partial charge in [0.05, 0.1) is 40.2 Å². The van der Waals surface area contributed by atoms with Gasteiger partial charge in [-0.25, -0.2) is 28.8 Å². The number of hydrogen-bond donors (Lipinski definition) is 15. The maximum absolute atomic E-state index is 14.4. The fraction of sp³-hybridized carbons (Fsp3) is 0.208. The molecule has 412 valence electrons. The minimum Gasteiger partial charge on any atom is -0.504 e. The number of ether oxygens (including phenoxy) is 8. The third-order valence-electron chi connectivity index (χ3n) is 12.6. The molecule has 5 aromatic carbocycles. The molecule has 5 aromatic rings. The van der Waals surface area contributed by atoms with E-state index in [-0.39, 0.29) is 0 Å². The number of rotatable bonds is 6. The van der Waals surface area contributed by atoms with E-state index in [1.54, 1.807) is 0 Å². The second-order valence-corrected chi connectivity index (χ2v) is 17.4. The molecule has 31 nitrogen and oxygen atoms in total. The highest BCUT2D eigenvalue weighted by atomic mass is 16.7. The van der Waals surface area contributed by atoms with Crippen molar-refractivity contribution < 1.29 is 153 Å². The number of aliphatic carboxylic acids is 1. The number of carbonyl (C=O) groups is 8. The van der Waals surface area contributed by atoms with Gasteiger partial charge in [-0.1, -0.05) is 0 Å². The Hall–Kier alpha value is -10.5. The van der Waals surface area contributed by atoms with Crippen molar-refractivity contribution in [1.29, 1.82) is 0 Å². The van der Waals surface area contributed by atoms with Crippen LogP contribution in [0.2, 0.25) is 0 Å². The van der Waals surface area contributed by atoms with Crippen LogP contribution in [-0.2, 0) is 33.3 Å². The summed E-state index contributed by atoms with van der Waals surface area (Å²) in [5.74, 6) is -36.0. The number of phenols is 11. The van der Waals surface area contributed by atoms with E-state index in [1.165, 1.54) is 0 Å². The summed E-state index contributed by atoms with van der Waals surface area (Å²) >= 11 is 0. The van der Waals surface area contributed by atoms with Gasteiger partial charge in [0, 0.05) is 28.7 Å². The zero-order valence-electron chi connectivity index (χ0n) is 38.8. The van der Waals surface area contributed by atoms with Crippen LogP contribution in [0.25, 0.3) is 11.1 Å². The molecule has 0 spiro atoms. The van der Waals surface area contributed by atoms with E-state index in [0.29, 0.717) is 42.5 Å². The summed E-state index contributed by atoms with van der Waals surface area (Å²) in [5, 5.41) is 160. The third-order valence-corrected chi connectivity index (χ3v) is 12.6. The van der Waals surface area contributed by atoms with Gasteiger partial charge in [-0.2, -0.15) is 0 Å². The number of carboxylic acids is 1. The number of phenolic OH excluding ortho intramolecular Hbond substituents is 11. The van der Waals surface area contributed by atoms with Crippen LogP contribution < -0.4 is 18.9 Å². The monoisotopic (exact) mass is 1110 g/mol. The number of aliphatic hydroxyl groups excluding tert-OH is 3. The SMILES string of the molecule is O=C(O)CC1C(=O)Oc2cc(C(=O)O[C@@H]3OC4COC(=O)c5cc(O)c(O)c(O)c5-c5c(cc(OC(=O)c6cc(O)c(O)c(O)c6)c(O)c5O)C(=O)OC([C@@H]4O)[C@H]3O)cc(O)c2OC(=O)c2cc(O)c(O)c3c2C1[C@H](O)C(=O)O3. The van der Waals surface area contributed by atoms with E-state index in [1.807, 2.05) is 0 Å². The lowest BCUT2D eigenvalue weighted by Crippen LogP contribution is -2.61. The minimum atomic E-state index is -2.57. The number of aliphatic hydroxyl groups is 3. The highest BCUT2D eigenvalue weighted by Crippen LogP contribution is 2.55. The second-order valence-electron chi connectivity index (χ2n) is 17.4. The maximum atomic E-state index is 14.4. The van der Waals surface area contributed by atoms with Crippen LogP contribution in [0.15, 0.2) is 42.5 Å². The lowest BCUT2D eigenvalue weighted by Gasteiger charge is -2.41. The lowest BCUT2D eigenvalue weighted by atomic mass is 9.76. The highest BCUT2D eigenvalue weighted by molar-refractivity contribution is 6.09. The average molecular weight is 1110 g/mol. The van der Waals surface area contributed by atoms with Gasteiger partial charge >= 0.3 is 47.8 Å². The van der Waals surface area contributed by atoms with Gasteiger partial charge in [0.2, 0.25) is 29.3 Å². The molecule has 0 saturated carbocycles. The summed E-state index contributed by atoms with van der Waals surface area (Å²) in [6.07, 6.45) is -15.6. The van der Waals surface area contributed by atoms with Crippen molar-refractivity contribution in [2.75, 3.05) is 6.61 Å². The predicted molar refractivity (Wildman–Crippen MR) is 241 cm³/mol. The molecule has 0 amide bonds. The summed E-state index contributed by atoms with van der Waals surface area (Å²) in [7, 11) is 0. The molecule has 9 rings (SSSR count). The van der Waals surface area contributed by atoms with Gasteiger partial charge in [-0.05, 0) is 36.4 Å². The Balaban J connectivity index is 1.08. The summed E-state index contributed by atoms with van der Waals surface area (Å²) < 4.78 is 42.1. The van der Waals surface area contributed by atoms with E-state index in [4.69, 9.17) is 37.9 Å². The number of fused-ring (bicyclic) bond motifs is 6. The molecule has 1 fully saturated rings. The predicted octanol–water partition coefficient (Wildman–Crippen LogP) is -0.0735. The van der Waals surface area contributed by atoms with Crippen molar-refractivity contribution in [3.05, 3.63) is 75.8 Å². The van der Waals surface area contributed by atoms with E-state index < -0.39 is 240 Å². The molecule has 1 saturated heterocycles. The molecular weight excluding hydrogens is 1070 g/mol. The largest absolute Gasteiger partial charge is 0.504 e. The fourth-order valence-electron chi connectivity index (χ4n) is 8.84. The molecule has 2 bridgehead atoms. The highest BCUT2D eigenvalue weighted by Gasteiger charge is 2.52. The average Bonchev–Trinajstić information content (AvgIpc) is 3.60. The molecule has 31 heteroatoms. The molecule has 4 aliphatic rings. The third kappa shape index (κ3) is 9.09. The fourth-order valence-corrected chi connectivity index (χ4v) is 8.84. The van der Waals surface area contributed by atoms with Gasteiger partial charge in [0.1, 0.15) is 18.8 Å².